The van der Waals surface area contributed by atoms with Crippen molar-refractivity contribution in [2.45, 2.75) is 53.2 Å². The predicted octanol–water partition coefficient (Wildman–Crippen LogP) is 4.31. The van der Waals surface area contributed by atoms with Gasteiger partial charge in [-0.2, -0.15) is 0 Å². The molecule has 0 radical (unpaired) electrons. The number of hydrogen-bond donors (Lipinski definition) is 0. The summed E-state index contributed by atoms with van der Waals surface area (Å²) in [4.78, 5) is 0. The van der Waals surface area contributed by atoms with E-state index in [1.807, 2.05) is 39.0 Å². The molecule has 1 aromatic rings. The second kappa shape index (κ2) is 5.24. The van der Waals surface area contributed by atoms with Gasteiger partial charge in [0.2, 0.25) is 5.79 Å². The highest BCUT2D eigenvalue weighted by Crippen LogP contribution is 2.39. The van der Waals surface area contributed by atoms with Gasteiger partial charge in [0.1, 0.15) is 0 Å². The molecular weight excluding hydrogens is 200 g/mol. The highest BCUT2D eigenvalue weighted by Gasteiger charge is 2.31. The monoisotopic (exact) mass is 222 g/mol. The van der Waals surface area contributed by atoms with E-state index < -0.39 is 5.79 Å². The molecule has 1 aromatic carbocycles. The van der Waals surface area contributed by atoms with Gasteiger partial charge < -0.3 is 9.47 Å². The highest BCUT2D eigenvalue weighted by molar-refractivity contribution is 5.45. The van der Waals surface area contributed by atoms with Gasteiger partial charge in [0.05, 0.1) is 0 Å². The molecule has 0 amide bonds. The van der Waals surface area contributed by atoms with E-state index in [0.29, 0.717) is 0 Å². The van der Waals surface area contributed by atoms with E-state index in [9.17, 15) is 0 Å². The zero-order valence-electron chi connectivity index (χ0n) is 11.0. The molecule has 1 heterocycles. The summed E-state index contributed by atoms with van der Waals surface area (Å²) in [5, 5.41) is 0. The van der Waals surface area contributed by atoms with Crippen LogP contribution >= 0.6 is 0 Å². The standard InChI is InChI=1S/C10H12O2.C4H10/c1-7-4-5-8-9(6-7)12-10(2,3)11-8;1-3-4-2/h4-6H,1-3H3;3-4H2,1-2H3. The molecule has 0 saturated carbocycles. The summed E-state index contributed by atoms with van der Waals surface area (Å²) in [6, 6.07) is 5.95. The van der Waals surface area contributed by atoms with Crippen LogP contribution in [0, 0.1) is 6.92 Å². The van der Waals surface area contributed by atoms with Gasteiger partial charge >= 0.3 is 0 Å². The van der Waals surface area contributed by atoms with Crippen LogP contribution in [0.4, 0.5) is 0 Å². The van der Waals surface area contributed by atoms with Gasteiger partial charge in [-0.05, 0) is 24.6 Å². The van der Waals surface area contributed by atoms with Crippen molar-refractivity contribution in [1.82, 2.24) is 0 Å². The Balaban J connectivity index is 0.000000280. The molecule has 90 valence electrons. The zero-order valence-corrected chi connectivity index (χ0v) is 11.0. The van der Waals surface area contributed by atoms with E-state index in [1.54, 1.807) is 0 Å². The lowest BCUT2D eigenvalue weighted by Gasteiger charge is -2.16. The van der Waals surface area contributed by atoms with Gasteiger partial charge in [0.15, 0.2) is 11.5 Å². The van der Waals surface area contributed by atoms with Crippen molar-refractivity contribution in [3.63, 3.8) is 0 Å². The van der Waals surface area contributed by atoms with Gasteiger partial charge in [-0.15, -0.1) is 0 Å². The van der Waals surface area contributed by atoms with Crippen molar-refractivity contribution >= 4 is 0 Å². The summed E-state index contributed by atoms with van der Waals surface area (Å²) in [5.74, 6) is 1.18. The van der Waals surface area contributed by atoms with Crippen LogP contribution in [0.5, 0.6) is 11.5 Å². The molecule has 16 heavy (non-hydrogen) atoms. The minimum absolute atomic E-state index is 0.504. The molecular formula is C14H22O2. The topological polar surface area (TPSA) is 18.5 Å². The van der Waals surface area contributed by atoms with E-state index in [2.05, 4.69) is 13.8 Å². The third kappa shape index (κ3) is 3.44. The summed E-state index contributed by atoms with van der Waals surface area (Å²) >= 11 is 0. The van der Waals surface area contributed by atoms with Crippen molar-refractivity contribution in [3.8, 4) is 11.5 Å². The second-order valence-electron chi connectivity index (χ2n) is 4.55. The van der Waals surface area contributed by atoms with Crippen LogP contribution in [0.3, 0.4) is 0 Å². The largest absolute Gasteiger partial charge is 0.449 e. The van der Waals surface area contributed by atoms with Crippen LogP contribution in [-0.2, 0) is 0 Å². The van der Waals surface area contributed by atoms with Gasteiger partial charge in [0, 0.05) is 13.8 Å². The van der Waals surface area contributed by atoms with E-state index in [1.165, 1.54) is 18.4 Å². The first kappa shape index (κ1) is 12.9. The van der Waals surface area contributed by atoms with Crippen molar-refractivity contribution < 1.29 is 9.47 Å². The average molecular weight is 222 g/mol. The van der Waals surface area contributed by atoms with Crippen LogP contribution in [-0.4, -0.2) is 5.79 Å². The Bertz CT molecular complexity index is 341. The molecule has 0 saturated heterocycles. The molecule has 0 aliphatic carbocycles. The number of ether oxygens (including phenoxy) is 2. The Hall–Kier alpha value is -1.18. The third-order valence-electron chi connectivity index (χ3n) is 2.31. The zero-order chi connectivity index (χ0) is 12.2. The smallest absolute Gasteiger partial charge is 0.246 e. The van der Waals surface area contributed by atoms with Gasteiger partial charge in [-0.25, -0.2) is 0 Å². The van der Waals surface area contributed by atoms with E-state index in [0.717, 1.165) is 11.5 Å². The van der Waals surface area contributed by atoms with Crippen LogP contribution < -0.4 is 9.47 Å². The summed E-state index contributed by atoms with van der Waals surface area (Å²) < 4.78 is 11.1. The fourth-order valence-electron chi connectivity index (χ4n) is 1.33. The Morgan fingerprint density at radius 1 is 1.00 bits per heavy atom. The van der Waals surface area contributed by atoms with Crippen LogP contribution in [0.2, 0.25) is 0 Å². The van der Waals surface area contributed by atoms with Crippen molar-refractivity contribution in [2.75, 3.05) is 0 Å². The SMILES string of the molecule is CCCC.Cc1ccc2c(c1)OC(C)(C)O2. The second-order valence-corrected chi connectivity index (χ2v) is 4.55. The molecule has 0 N–H and O–H groups in total. The van der Waals surface area contributed by atoms with Crippen LogP contribution in [0.1, 0.15) is 46.1 Å². The molecule has 0 spiro atoms. The lowest BCUT2D eigenvalue weighted by atomic mass is 10.2. The summed E-state index contributed by atoms with van der Waals surface area (Å²) in [6.07, 6.45) is 2.64. The number of rotatable bonds is 1. The minimum Gasteiger partial charge on any atom is -0.449 e. The normalized spacial score (nSPS) is 15.3. The minimum atomic E-state index is -0.504. The van der Waals surface area contributed by atoms with Crippen LogP contribution in [0.25, 0.3) is 0 Å². The molecule has 2 heteroatoms. The predicted molar refractivity (Wildman–Crippen MR) is 67.1 cm³/mol. The summed E-state index contributed by atoms with van der Waals surface area (Å²) in [6.45, 7) is 10.2. The number of hydrogen-bond acceptors (Lipinski definition) is 2. The first-order valence-corrected chi connectivity index (χ1v) is 5.97. The van der Waals surface area contributed by atoms with Crippen molar-refractivity contribution in [2.24, 2.45) is 0 Å². The Labute approximate surface area is 98.6 Å². The summed E-state index contributed by atoms with van der Waals surface area (Å²) in [7, 11) is 0. The van der Waals surface area contributed by atoms with Crippen molar-refractivity contribution in [3.05, 3.63) is 23.8 Å². The molecule has 0 bridgehead atoms. The van der Waals surface area contributed by atoms with Crippen molar-refractivity contribution in [1.29, 1.82) is 0 Å². The molecule has 0 aromatic heterocycles. The van der Waals surface area contributed by atoms with E-state index in [4.69, 9.17) is 9.47 Å². The third-order valence-corrected chi connectivity index (χ3v) is 2.31. The van der Waals surface area contributed by atoms with Gasteiger partial charge in [-0.3, -0.25) is 0 Å². The highest BCUT2D eigenvalue weighted by atomic mass is 16.7. The van der Waals surface area contributed by atoms with Gasteiger partial charge in [0.25, 0.3) is 0 Å². The lowest BCUT2D eigenvalue weighted by molar-refractivity contribution is -0.0431. The molecule has 1 aliphatic heterocycles. The Morgan fingerprint density at radius 2 is 1.56 bits per heavy atom. The number of aryl methyl sites for hydroxylation is 1. The average Bonchev–Trinajstić information content (AvgIpc) is 2.51. The fourth-order valence-corrected chi connectivity index (χ4v) is 1.33. The maximum absolute atomic E-state index is 5.55. The molecule has 0 fully saturated rings. The number of fused-ring (bicyclic) bond motifs is 1. The Morgan fingerprint density at radius 3 is 2.12 bits per heavy atom. The first-order valence-electron chi connectivity index (χ1n) is 5.97. The molecule has 2 nitrogen and oxygen atoms in total. The summed E-state index contributed by atoms with van der Waals surface area (Å²) in [5.41, 5.74) is 1.19. The fraction of sp³-hybridized carbons (Fsp3) is 0.571. The Kier molecular flexibility index (Phi) is 4.22. The first-order chi connectivity index (χ1) is 7.48. The van der Waals surface area contributed by atoms with E-state index >= 15 is 0 Å². The number of unbranched alkanes of at least 4 members (excludes halogenated alkanes) is 1. The quantitative estimate of drug-likeness (QED) is 0.705. The molecule has 0 atom stereocenters. The number of benzene rings is 1. The van der Waals surface area contributed by atoms with E-state index in [-0.39, 0.29) is 0 Å². The van der Waals surface area contributed by atoms with Crippen LogP contribution in [0.15, 0.2) is 18.2 Å². The molecule has 0 unspecified atom stereocenters. The maximum Gasteiger partial charge on any atom is 0.246 e. The lowest BCUT2D eigenvalue weighted by Crippen LogP contribution is -2.29. The van der Waals surface area contributed by atoms with Gasteiger partial charge in [-0.1, -0.05) is 32.8 Å². The molecule has 1 aliphatic rings. The molecule has 2 rings (SSSR count). The maximum atomic E-state index is 5.55.